The number of hydrogen-bond donors (Lipinski definition) is 2. The number of aliphatic hydroxyl groups excluding tert-OH is 1. The first-order valence-electron chi connectivity index (χ1n) is 11.9. The third-order valence-electron chi connectivity index (χ3n) is 7.03. The van der Waals surface area contributed by atoms with Crippen LogP contribution in [0.5, 0.6) is 5.75 Å². The maximum atomic E-state index is 13.1. The number of aryl methyl sites for hydroxylation is 3. The van der Waals surface area contributed by atoms with Crippen molar-refractivity contribution in [3.05, 3.63) is 94.0 Å². The molecule has 0 fully saturated rings. The molecule has 1 aliphatic heterocycles. The Hall–Kier alpha value is -2.71. The van der Waals surface area contributed by atoms with Crippen LogP contribution in [0.25, 0.3) is 0 Å². The molecule has 0 aromatic heterocycles. The second-order valence-corrected chi connectivity index (χ2v) is 11.1. The van der Waals surface area contributed by atoms with Crippen LogP contribution in [0.4, 0.5) is 0 Å². The molecule has 4 rings (SSSR count). The zero-order valence-electron chi connectivity index (χ0n) is 21.0. The minimum atomic E-state index is -3.93. The van der Waals surface area contributed by atoms with Crippen LogP contribution in [0.2, 0.25) is 0 Å². The van der Waals surface area contributed by atoms with Crippen molar-refractivity contribution in [2.24, 2.45) is 0 Å². The zero-order chi connectivity index (χ0) is 25.4. The minimum absolute atomic E-state index is 0.112. The van der Waals surface area contributed by atoms with Crippen LogP contribution in [0.3, 0.4) is 0 Å². The van der Waals surface area contributed by atoms with Crippen molar-refractivity contribution in [3.63, 3.8) is 0 Å². The Labute approximate surface area is 208 Å². The van der Waals surface area contributed by atoms with Crippen LogP contribution < -0.4 is 9.46 Å². The molecule has 1 aliphatic rings. The lowest BCUT2D eigenvalue weighted by Gasteiger charge is -2.40. The average molecular weight is 495 g/mol. The normalized spacial score (nSPS) is 18.9. The molecule has 2 atom stereocenters. The Bertz CT molecular complexity index is 1300. The highest BCUT2D eigenvalue weighted by Gasteiger charge is 2.49. The van der Waals surface area contributed by atoms with Crippen LogP contribution in [0.15, 0.2) is 65.6 Å². The number of fused-ring (bicyclic) bond motifs is 1. The van der Waals surface area contributed by atoms with Gasteiger partial charge in [-0.25, -0.2) is 8.42 Å². The van der Waals surface area contributed by atoms with Crippen LogP contribution in [-0.4, -0.2) is 31.3 Å². The van der Waals surface area contributed by atoms with E-state index < -0.39 is 21.8 Å². The lowest BCUT2D eigenvalue weighted by molar-refractivity contribution is -0.0275. The van der Waals surface area contributed by atoms with E-state index in [0.29, 0.717) is 19.7 Å². The molecule has 3 aromatic rings. The molecule has 0 aliphatic carbocycles. The van der Waals surface area contributed by atoms with Crippen molar-refractivity contribution in [2.45, 2.75) is 64.4 Å². The molecule has 186 valence electrons. The number of benzene rings is 3. The monoisotopic (exact) mass is 494 g/mol. The largest absolute Gasteiger partial charge is 0.494 e. The molecule has 7 heteroatoms. The molecule has 0 radical (unpaired) electrons. The van der Waals surface area contributed by atoms with Gasteiger partial charge in [0.05, 0.1) is 17.0 Å². The average Bonchev–Trinajstić information content (AvgIpc) is 3.10. The molecule has 0 saturated heterocycles. The van der Waals surface area contributed by atoms with Gasteiger partial charge in [-0.15, -0.1) is 0 Å². The summed E-state index contributed by atoms with van der Waals surface area (Å²) in [5.74, 6) is 0.759. The van der Waals surface area contributed by atoms with Gasteiger partial charge in [0.15, 0.2) is 0 Å². The van der Waals surface area contributed by atoms with E-state index in [9.17, 15) is 13.5 Å². The standard InChI is InChI=1S/C28H34N2O4S/c1-6-34-26-14-10-13-25-24(26)18-30(17-23-20(3)15-19(2)16-21(23)4)28(25,5)27(31)29-35(32,33)22-11-8-7-9-12-22/h7-16,27,29,31H,6,17-18H2,1-5H3. The number of nitrogens with one attached hydrogen (secondary N) is 1. The van der Waals surface area contributed by atoms with Gasteiger partial charge in [0.2, 0.25) is 10.0 Å². The minimum Gasteiger partial charge on any atom is -0.494 e. The highest BCUT2D eigenvalue weighted by Crippen LogP contribution is 2.46. The molecule has 1 heterocycles. The van der Waals surface area contributed by atoms with E-state index in [1.165, 1.54) is 34.4 Å². The van der Waals surface area contributed by atoms with Crippen LogP contribution in [-0.2, 0) is 28.7 Å². The third-order valence-corrected chi connectivity index (χ3v) is 8.45. The fourth-order valence-electron chi connectivity index (χ4n) is 5.14. The van der Waals surface area contributed by atoms with Crippen molar-refractivity contribution in [2.75, 3.05) is 6.61 Å². The number of aliphatic hydroxyl groups is 1. The molecular formula is C28H34N2O4S. The maximum absolute atomic E-state index is 13.1. The topological polar surface area (TPSA) is 78.9 Å². The summed E-state index contributed by atoms with van der Waals surface area (Å²) in [7, 11) is -3.93. The van der Waals surface area contributed by atoms with E-state index >= 15 is 0 Å². The van der Waals surface area contributed by atoms with Crippen LogP contribution >= 0.6 is 0 Å². The van der Waals surface area contributed by atoms with Gasteiger partial charge in [-0.2, -0.15) is 4.72 Å². The summed E-state index contributed by atoms with van der Waals surface area (Å²) < 4.78 is 34.7. The number of rotatable bonds is 8. The third kappa shape index (κ3) is 4.74. The number of sulfonamides is 1. The van der Waals surface area contributed by atoms with Gasteiger partial charge in [0.25, 0.3) is 0 Å². The molecule has 3 aromatic carbocycles. The van der Waals surface area contributed by atoms with Crippen LogP contribution in [0.1, 0.15) is 47.2 Å². The Balaban J connectivity index is 1.78. The molecular weight excluding hydrogens is 460 g/mol. The van der Waals surface area contributed by atoms with Crippen molar-refractivity contribution < 1.29 is 18.3 Å². The van der Waals surface area contributed by atoms with Crippen LogP contribution in [0, 0.1) is 20.8 Å². The molecule has 6 nitrogen and oxygen atoms in total. The first kappa shape index (κ1) is 25.4. The predicted octanol–water partition coefficient (Wildman–Crippen LogP) is 4.54. The Morgan fingerprint density at radius 1 is 1.06 bits per heavy atom. The lowest BCUT2D eigenvalue weighted by atomic mass is 9.89. The van der Waals surface area contributed by atoms with E-state index in [1.807, 2.05) is 32.0 Å². The highest BCUT2D eigenvalue weighted by molar-refractivity contribution is 7.89. The van der Waals surface area contributed by atoms with Crippen molar-refractivity contribution in [1.82, 2.24) is 9.62 Å². The summed E-state index contributed by atoms with van der Waals surface area (Å²) in [6.45, 7) is 11.7. The molecule has 35 heavy (non-hydrogen) atoms. The summed E-state index contributed by atoms with van der Waals surface area (Å²) in [6, 6.07) is 18.2. The van der Waals surface area contributed by atoms with Gasteiger partial charge < -0.3 is 9.84 Å². The van der Waals surface area contributed by atoms with E-state index in [2.05, 4.69) is 42.5 Å². The first-order chi connectivity index (χ1) is 16.6. The van der Waals surface area contributed by atoms with Crippen molar-refractivity contribution >= 4 is 10.0 Å². The number of nitrogens with zero attached hydrogens (tertiary/aromatic N) is 1. The van der Waals surface area contributed by atoms with E-state index in [4.69, 9.17) is 4.74 Å². The molecule has 0 bridgehead atoms. The summed E-state index contributed by atoms with van der Waals surface area (Å²) in [5.41, 5.74) is 5.52. The van der Waals surface area contributed by atoms with Gasteiger partial charge in [-0.3, -0.25) is 4.90 Å². The zero-order valence-corrected chi connectivity index (χ0v) is 21.8. The van der Waals surface area contributed by atoms with E-state index in [0.717, 1.165) is 16.9 Å². The van der Waals surface area contributed by atoms with Gasteiger partial charge >= 0.3 is 0 Å². The Morgan fingerprint density at radius 2 is 1.71 bits per heavy atom. The molecule has 2 unspecified atom stereocenters. The predicted molar refractivity (Wildman–Crippen MR) is 138 cm³/mol. The second kappa shape index (κ2) is 9.74. The Kier molecular flexibility index (Phi) is 7.06. The summed E-state index contributed by atoms with van der Waals surface area (Å²) >= 11 is 0. The lowest BCUT2D eigenvalue weighted by Crippen LogP contribution is -2.55. The number of hydrogen-bond acceptors (Lipinski definition) is 5. The second-order valence-electron chi connectivity index (χ2n) is 9.43. The molecule has 0 spiro atoms. The quantitative estimate of drug-likeness (QED) is 0.450. The summed E-state index contributed by atoms with van der Waals surface area (Å²) in [6.07, 6.45) is -1.39. The van der Waals surface area contributed by atoms with Gasteiger partial charge in [0, 0.05) is 18.7 Å². The van der Waals surface area contributed by atoms with E-state index in [1.54, 1.807) is 18.2 Å². The molecule has 2 N–H and O–H groups in total. The van der Waals surface area contributed by atoms with Crippen molar-refractivity contribution in [3.8, 4) is 5.75 Å². The first-order valence-corrected chi connectivity index (χ1v) is 13.4. The highest BCUT2D eigenvalue weighted by atomic mass is 32.2. The smallest absolute Gasteiger partial charge is 0.242 e. The van der Waals surface area contributed by atoms with Gasteiger partial charge in [0.1, 0.15) is 12.0 Å². The summed E-state index contributed by atoms with van der Waals surface area (Å²) in [5, 5.41) is 11.5. The summed E-state index contributed by atoms with van der Waals surface area (Å²) in [4.78, 5) is 2.25. The SMILES string of the molecule is CCOc1cccc2c1CN(Cc1c(C)cc(C)cc1C)C2(C)C(O)NS(=O)(=O)c1ccccc1. The van der Waals surface area contributed by atoms with Crippen molar-refractivity contribution in [1.29, 1.82) is 0 Å². The van der Waals surface area contributed by atoms with Gasteiger partial charge in [-0.1, -0.05) is 48.0 Å². The fourth-order valence-corrected chi connectivity index (χ4v) is 6.31. The molecule has 0 amide bonds. The Morgan fingerprint density at radius 3 is 2.34 bits per heavy atom. The maximum Gasteiger partial charge on any atom is 0.242 e. The fraction of sp³-hybridized carbons (Fsp3) is 0.357. The van der Waals surface area contributed by atoms with Gasteiger partial charge in [-0.05, 0) is 75.1 Å². The molecule has 0 saturated carbocycles. The van der Waals surface area contributed by atoms with E-state index in [-0.39, 0.29) is 4.90 Å². The number of ether oxygens (including phenoxy) is 1.